The number of rotatable bonds is 3. The second-order valence-electron chi connectivity index (χ2n) is 4.03. The van der Waals surface area contributed by atoms with Crippen LogP contribution in [-0.2, 0) is 6.54 Å². The summed E-state index contributed by atoms with van der Waals surface area (Å²) in [5, 5.41) is 3.96. The van der Waals surface area contributed by atoms with Gasteiger partial charge in [0.25, 0.3) is 0 Å². The van der Waals surface area contributed by atoms with E-state index < -0.39 is 0 Å². The number of hydrogen-bond acceptors (Lipinski definition) is 1. The first-order valence-corrected chi connectivity index (χ1v) is 6.68. The Labute approximate surface area is 119 Å². The highest BCUT2D eigenvalue weighted by Crippen LogP contribution is 2.26. The molecule has 1 nitrogen and oxygen atoms in total. The number of para-hydroxylation sites is 1. The molecule has 0 aromatic heterocycles. The molecular formula is C14H12BrClFN. The first kappa shape index (κ1) is 13.4. The molecule has 0 saturated carbocycles. The summed E-state index contributed by atoms with van der Waals surface area (Å²) < 4.78 is 13.6. The molecule has 0 amide bonds. The van der Waals surface area contributed by atoms with Crippen LogP contribution >= 0.6 is 27.5 Å². The van der Waals surface area contributed by atoms with Crippen LogP contribution in [0.15, 0.2) is 40.9 Å². The highest BCUT2D eigenvalue weighted by atomic mass is 79.9. The van der Waals surface area contributed by atoms with E-state index in [0.29, 0.717) is 16.0 Å². The van der Waals surface area contributed by atoms with Crippen molar-refractivity contribution in [1.82, 2.24) is 0 Å². The minimum Gasteiger partial charge on any atom is -0.380 e. The predicted octanol–water partition coefficient (Wildman–Crippen LogP) is 5.16. The smallest absolute Gasteiger partial charge is 0.137 e. The van der Waals surface area contributed by atoms with E-state index in [2.05, 4.69) is 21.2 Å². The molecule has 0 fully saturated rings. The van der Waals surface area contributed by atoms with Gasteiger partial charge in [-0.05, 0) is 52.2 Å². The van der Waals surface area contributed by atoms with Gasteiger partial charge in [-0.2, -0.15) is 0 Å². The van der Waals surface area contributed by atoms with Crippen LogP contribution in [0, 0.1) is 12.7 Å². The number of halogens is 3. The van der Waals surface area contributed by atoms with Crippen molar-refractivity contribution in [2.75, 3.05) is 5.32 Å². The molecule has 0 unspecified atom stereocenters. The summed E-state index contributed by atoms with van der Waals surface area (Å²) in [6.45, 7) is 2.60. The van der Waals surface area contributed by atoms with Crippen molar-refractivity contribution in [1.29, 1.82) is 0 Å². The zero-order valence-corrected chi connectivity index (χ0v) is 12.1. The molecule has 2 aromatic rings. The van der Waals surface area contributed by atoms with Gasteiger partial charge in [0.1, 0.15) is 5.82 Å². The van der Waals surface area contributed by atoms with Crippen LogP contribution in [0.2, 0.25) is 5.02 Å². The van der Waals surface area contributed by atoms with E-state index in [1.54, 1.807) is 12.1 Å². The number of nitrogens with one attached hydrogen (secondary N) is 1. The molecular weight excluding hydrogens is 317 g/mol. The van der Waals surface area contributed by atoms with Gasteiger partial charge in [-0.3, -0.25) is 0 Å². The molecule has 2 aromatic carbocycles. The van der Waals surface area contributed by atoms with Crippen LogP contribution in [0.3, 0.4) is 0 Å². The van der Waals surface area contributed by atoms with Crippen molar-refractivity contribution in [3.8, 4) is 0 Å². The lowest BCUT2D eigenvalue weighted by molar-refractivity contribution is 0.620. The lowest BCUT2D eigenvalue weighted by atomic mass is 10.1. The highest BCUT2D eigenvalue weighted by molar-refractivity contribution is 9.10. The third-order valence-electron chi connectivity index (χ3n) is 2.68. The molecule has 0 radical (unpaired) electrons. The molecule has 2 rings (SSSR count). The SMILES string of the molecule is Cc1cccc(Cl)c1NCc1ccc(F)c(Br)c1. The topological polar surface area (TPSA) is 12.0 Å². The average molecular weight is 329 g/mol. The molecule has 0 saturated heterocycles. The number of aryl methyl sites for hydroxylation is 1. The predicted molar refractivity (Wildman–Crippen MR) is 77.6 cm³/mol. The van der Waals surface area contributed by atoms with E-state index in [9.17, 15) is 4.39 Å². The lowest BCUT2D eigenvalue weighted by Gasteiger charge is -2.11. The summed E-state index contributed by atoms with van der Waals surface area (Å²) in [6.07, 6.45) is 0. The Morgan fingerprint density at radius 3 is 2.72 bits per heavy atom. The Morgan fingerprint density at radius 1 is 1.28 bits per heavy atom. The zero-order valence-electron chi connectivity index (χ0n) is 9.81. The van der Waals surface area contributed by atoms with E-state index in [1.165, 1.54) is 6.07 Å². The third kappa shape index (κ3) is 3.03. The van der Waals surface area contributed by atoms with Crippen molar-refractivity contribution >= 4 is 33.2 Å². The molecule has 0 atom stereocenters. The van der Waals surface area contributed by atoms with Crippen molar-refractivity contribution in [2.24, 2.45) is 0 Å². The fraction of sp³-hybridized carbons (Fsp3) is 0.143. The van der Waals surface area contributed by atoms with E-state index in [4.69, 9.17) is 11.6 Å². The first-order valence-electron chi connectivity index (χ1n) is 5.51. The number of hydrogen-bond donors (Lipinski definition) is 1. The van der Waals surface area contributed by atoms with Crippen molar-refractivity contribution in [3.05, 3.63) is 62.8 Å². The van der Waals surface area contributed by atoms with Gasteiger partial charge in [0.15, 0.2) is 0 Å². The Hall–Kier alpha value is -1.06. The molecule has 0 aliphatic rings. The highest BCUT2D eigenvalue weighted by Gasteiger charge is 2.04. The molecule has 0 aliphatic carbocycles. The fourth-order valence-corrected chi connectivity index (χ4v) is 2.41. The Balaban J connectivity index is 2.14. The Kier molecular flexibility index (Phi) is 4.25. The molecule has 18 heavy (non-hydrogen) atoms. The summed E-state index contributed by atoms with van der Waals surface area (Å²) >= 11 is 9.29. The van der Waals surface area contributed by atoms with Gasteiger partial charge in [-0.25, -0.2) is 4.39 Å². The van der Waals surface area contributed by atoms with Crippen molar-refractivity contribution in [2.45, 2.75) is 13.5 Å². The van der Waals surface area contributed by atoms with Gasteiger partial charge < -0.3 is 5.32 Å². The van der Waals surface area contributed by atoms with E-state index in [1.807, 2.05) is 25.1 Å². The van der Waals surface area contributed by atoms with E-state index in [0.717, 1.165) is 16.8 Å². The molecule has 0 aliphatic heterocycles. The van der Waals surface area contributed by atoms with E-state index in [-0.39, 0.29) is 5.82 Å². The first-order chi connectivity index (χ1) is 8.58. The number of benzene rings is 2. The van der Waals surface area contributed by atoms with Crippen molar-refractivity contribution < 1.29 is 4.39 Å². The second-order valence-corrected chi connectivity index (χ2v) is 5.30. The molecule has 0 bridgehead atoms. The van der Waals surface area contributed by atoms with Gasteiger partial charge in [0.05, 0.1) is 15.2 Å². The molecule has 0 spiro atoms. The van der Waals surface area contributed by atoms with Crippen LogP contribution < -0.4 is 5.32 Å². The summed E-state index contributed by atoms with van der Waals surface area (Å²) in [4.78, 5) is 0. The monoisotopic (exact) mass is 327 g/mol. The van der Waals surface area contributed by atoms with Gasteiger partial charge >= 0.3 is 0 Å². The van der Waals surface area contributed by atoms with Crippen LogP contribution in [0.5, 0.6) is 0 Å². The maximum Gasteiger partial charge on any atom is 0.137 e. The molecule has 94 valence electrons. The lowest BCUT2D eigenvalue weighted by Crippen LogP contribution is -2.02. The Morgan fingerprint density at radius 2 is 2.06 bits per heavy atom. The maximum absolute atomic E-state index is 13.1. The number of anilines is 1. The van der Waals surface area contributed by atoms with E-state index >= 15 is 0 Å². The van der Waals surface area contributed by atoms with Gasteiger partial charge in [-0.15, -0.1) is 0 Å². The van der Waals surface area contributed by atoms with Gasteiger partial charge in [-0.1, -0.05) is 29.8 Å². The second kappa shape index (κ2) is 5.72. The zero-order chi connectivity index (χ0) is 13.1. The maximum atomic E-state index is 13.1. The fourth-order valence-electron chi connectivity index (χ4n) is 1.70. The largest absolute Gasteiger partial charge is 0.380 e. The van der Waals surface area contributed by atoms with Crippen molar-refractivity contribution in [3.63, 3.8) is 0 Å². The van der Waals surface area contributed by atoms with Crippen LogP contribution in [-0.4, -0.2) is 0 Å². The minimum atomic E-state index is -0.257. The summed E-state index contributed by atoms with van der Waals surface area (Å²) in [5.41, 5.74) is 2.99. The molecule has 1 N–H and O–H groups in total. The normalized spacial score (nSPS) is 10.4. The van der Waals surface area contributed by atoms with Crippen LogP contribution in [0.4, 0.5) is 10.1 Å². The van der Waals surface area contributed by atoms with Gasteiger partial charge in [0.2, 0.25) is 0 Å². The van der Waals surface area contributed by atoms with Crippen LogP contribution in [0.1, 0.15) is 11.1 Å². The van der Waals surface area contributed by atoms with Crippen LogP contribution in [0.25, 0.3) is 0 Å². The van der Waals surface area contributed by atoms with Gasteiger partial charge in [0, 0.05) is 6.54 Å². The molecule has 0 heterocycles. The summed E-state index contributed by atoms with van der Waals surface area (Å²) in [5.74, 6) is -0.257. The third-order valence-corrected chi connectivity index (χ3v) is 3.60. The average Bonchev–Trinajstić information content (AvgIpc) is 2.33. The standard InChI is InChI=1S/C14H12BrClFN/c1-9-3-2-4-12(16)14(9)18-8-10-5-6-13(17)11(15)7-10/h2-7,18H,8H2,1H3. The minimum absolute atomic E-state index is 0.257. The summed E-state index contributed by atoms with van der Waals surface area (Å²) in [6, 6.07) is 10.7. The summed E-state index contributed by atoms with van der Waals surface area (Å²) in [7, 11) is 0. The molecule has 4 heteroatoms. The Bertz CT molecular complexity index is 551. The quantitative estimate of drug-likeness (QED) is 0.820.